The molecule has 0 saturated heterocycles. The van der Waals surface area contributed by atoms with E-state index in [2.05, 4.69) is 29.4 Å². The minimum Gasteiger partial charge on any atom is -0.508 e. The highest BCUT2D eigenvalue weighted by Gasteiger charge is 2.09. The standard InChI is InChI=1S/C16H22N2O/c1-17-10-5-11-18(2)12-15-14-7-4-3-6-13(14)8-9-16(15)19/h3-4,6-9,17,19H,5,10-12H2,1-2H3. The number of aromatic hydroxyl groups is 1. The van der Waals surface area contributed by atoms with Crippen LogP contribution in [0.25, 0.3) is 10.8 Å². The summed E-state index contributed by atoms with van der Waals surface area (Å²) in [5.41, 5.74) is 1.02. The third-order valence-corrected chi connectivity index (χ3v) is 3.41. The molecule has 3 nitrogen and oxygen atoms in total. The molecular weight excluding hydrogens is 236 g/mol. The number of phenolic OH excluding ortho intramolecular Hbond substituents is 1. The summed E-state index contributed by atoms with van der Waals surface area (Å²) in [6.07, 6.45) is 1.11. The number of hydrogen-bond donors (Lipinski definition) is 2. The molecule has 3 heteroatoms. The summed E-state index contributed by atoms with van der Waals surface area (Å²) in [5.74, 6) is 0.388. The molecule has 2 aromatic rings. The second-order valence-corrected chi connectivity index (χ2v) is 4.98. The van der Waals surface area contributed by atoms with E-state index in [4.69, 9.17) is 0 Å². The highest BCUT2D eigenvalue weighted by molar-refractivity contribution is 5.87. The molecule has 0 heterocycles. The highest BCUT2D eigenvalue weighted by atomic mass is 16.3. The summed E-state index contributed by atoms with van der Waals surface area (Å²) in [6, 6.07) is 12.0. The maximum Gasteiger partial charge on any atom is 0.120 e. The Morgan fingerprint density at radius 3 is 2.74 bits per heavy atom. The maximum atomic E-state index is 10.1. The Balaban J connectivity index is 2.17. The summed E-state index contributed by atoms with van der Waals surface area (Å²) in [4.78, 5) is 2.25. The Kier molecular flexibility index (Phi) is 4.77. The van der Waals surface area contributed by atoms with Crippen molar-refractivity contribution in [2.45, 2.75) is 13.0 Å². The van der Waals surface area contributed by atoms with Gasteiger partial charge in [-0.1, -0.05) is 30.3 Å². The van der Waals surface area contributed by atoms with Crippen LogP contribution in [-0.2, 0) is 6.54 Å². The summed E-state index contributed by atoms with van der Waals surface area (Å²) < 4.78 is 0. The quantitative estimate of drug-likeness (QED) is 0.782. The lowest BCUT2D eigenvalue weighted by atomic mass is 10.0. The van der Waals surface area contributed by atoms with Gasteiger partial charge in [-0.15, -0.1) is 0 Å². The zero-order valence-electron chi connectivity index (χ0n) is 11.7. The number of fused-ring (bicyclic) bond motifs is 1. The molecule has 2 rings (SSSR count). The number of hydrogen-bond acceptors (Lipinski definition) is 3. The van der Waals surface area contributed by atoms with Gasteiger partial charge in [0.2, 0.25) is 0 Å². The molecule has 0 unspecified atom stereocenters. The van der Waals surface area contributed by atoms with Crippen LogP contribution in [0.5, 0.6) is 5.75 Å². The van der Waals surface area contributed by atoms with Crippen LogP contribution in [-0.4, -0.2) is 37.2 Å². The average Bonchev–Trinajstić information content (AvgIpc) is 2.42. The third kappa shape index (κ3) is 3.46. The smallest absolute Gasteiger partial charge is 0.120 e. The molecule has 0 aromatic heterocycles. The van der Waals surface area contributed by atoms with Gasteiger partial charge < -0.3 is 15.3 Å². The van der Waals surface area contributed by atoms with Crippen LogP contribution in [0, 0.1) is 0 Å². The molecule has 0 aliphatic heterocycles. The van der Waals surface area contributed by atoms with Gasteiger partial charge >= 0.3 is 0 Å². The summed E-state index contributed by atoms with van der Waals surface area (Å²) >= 11 is 0. The van der Waals surface area contributed by atoms with Crippen molar-refractivity contribution in [3.05, 3.63) is 42.0 Å². The third-order valence-electron chi connectivity index (χ3n) is 3.41. The molecule has 0 amide bonds. The van der Waals surface area contributed by atoms with E-state index in [9.17, 15) is 5.11 Å². The van der Waals surface area contributed by atoms with Crippen LogP contribution in [0.2, 0.25) is 0 Å². The number of nitrogens with zero attached hydrogens (tertiary/aromatic N) is 1. The Labute approximate surface area is 114 Å². The molecule has 0 fully saturated rings. The molecular formula is C16H22N2O. The number of benzene rings is 2. The normalized spacial score (nSPS) is 11.3. The van der Waals surface area contributed by atoms with Crippen molar-refractivity contribution in [3.8, 4) is 5.75 Å². The molecule has 0 radical (unpaired) electrons. The first-order chi connectivity index (χ1) is 9.22. The minimum atomic E-state index is 0.388. The molecule has 0 bridgehead atoms. The topological polar surface area (TPSA) is 35.5 Å². The van der Waals surface area contributed by atoms with E-state index in [0.29, 0.717) is 5.75 Å². The first-order valence-corrected chi connectivity index (χ1v) is 6.75. The van der Waals surface area contributed by atoms with Gasteiger partial charge in [0, 0.05) is 12.1 Å². The van der Waals surface area contributed by atoms with E-state index in [0.717, 1.165) is 37.0 Å². The summed E-state index contributed by atoms with van der Waals surface area (Å²) in [5, 5.41) is 15.6. The zero-order valence-corrected chi connectivity index (χ0v) is 11.7. The van der Waals surface area contributed by atoms with Crippen molar-refractivity contribution in [2.75, 3.05) is 27.2 Å². The lowest BCUT2D eigenvalue weighted by Gasteiger charge is -2.18. The Hall–Kier alpha value is -1.58. The van der Waals surface area contributed by atoms with Crippen LogP contribution >= 0.6 is 0 Å². The Morgan fingerprint density at radius 1 is 1.16 bits per heavy atom. The predicted molar refractivity (Wildman–Crippen MR) is 80.5 cm³/mol. The minimum absolute atomic E-state index is 0.388. The van der Waals surface area contributed by atoms with E-state index in [-0.39, 0.29) is 0 Å². The van der Waals surface area contributed by atoms with Gasteiger partial charge in [0.1, 0.15) is 5.75 Å². The van der Waals surface area contributed by atoms with Crippen LogP contribution in [0.4, 0.5) is 0 Å². The molecule has 0 spiro atoms. The van der Waals surface area contributed by atoms with Crippen LogP contribution in [0.1, 0.15) is 12.0 Å². The van der Waals surface area contributed by atoms with Crippen LogP contribution in [0.3, 0.4) is 0 Å². The van der Waals surface area contributed by atoms with Gasteiger partial charge in [-0.05, 0) is 50.4 Å². The first kappa shape index (κ1) is 13.8. The summed E-state index contributed by atoms with van der Waals surface area (Å²) in [6.45, 7) is 2.81. The molecule has 0 aliphatic carbocycles. The van der Waals surface area contributed by atoms with Crippen molar-refractivity contribution < 1.29 is 5.11 Å². The second kappa shape index (κ2) is 6.55. The summed E-state index contributed by atoms with van der Waals surface area (Å²) in [7, 11) is 4.06. The van der Waals surface area contributed by atoms with Gasteiger partial charge in [-0.2, -0.15) is 0 Å². The number of phenols is 1. The van der Waals surface area contributed by atoms with Gasteiger partial charge in [0.25, 0.3) is 0 Å². The van der Waals surface area contributed by atoms with Gasteiger partial charge in [-0.3, -0.25) is 0 Å². The molecule has 0 saturated carbocycles. The Morgan fingerprint density at radius 2 is 1.95 bits per heavy atom. The number of rotatable bonds is 6. The molecule has 2 aromatic carbocycles. The molecule has 19 heavy (non-hydrogen) atoms. The van der Waals surface area contributed by atoms with Crippen molar-refractivity contribution in [1.29, 1.82) is 0 Å². The largest absolute Gasteiger partial charge is 0.508 e. The predicted octanol–water partition coefficient (Wildman–Crippen LogP) is 2.59. The fourth-order valence-corrected chi connectivity index (χ4v) is 2.37. The fourth-order valence-electron chi connectivity index (χ4n) is 2.37. The van der Waals surface area contributed by atoms with Crippen LogP contribution in [0.15, 0.2) is 36.4 Å². The zero-order chi connectivity index (χ0) is 13.7. The van der Waals surface area contributed by atoms with Crippen molar-refractivity contribution >= 4 is 10.8 Å². The molecule has 0 atom stereocenters. The van der Waals surface area contributed by atoms with E-state index < -0.39 is 0 Å². The van der Waals surface area contributed by atoms with Crippen molar-refractivity contribution in [2.24, 2.45) is 0 Å². The van der Waals surface area contributed by atoms with E-state index in [1.54, 1.807) is 6.07 Å². The number of nitrogens with one attached hydrogen (secondary N) is 1. The second-order valence-electron chi connectivity index (χ2n) is 4.98. The Bertz CT molecular complexity index is 539. The van der Waals surface area contributed by atoms with E-state index in [1.807, 2.05) is 25.2 Å². The van der Waals surface area contributed by atoms with Crippen molar-refractivity contribution in [3.63, 3.8) is 0 Å². The lowest BCUT2D eigenvalue weighted by molar-refractivity contribution is 0.316. The first-order valence-electron chi connectivity index (χ1n) is 6.75. The molecule has 0 aliphatic rings. The SMILES string of the molecule is CNCCCN(C)Cc1c(O)ccc2ccccc12. The van der Waals surface area contributed by atoms with Gasteiger partial charge in [0.05, 0.1) is 0 Å². The average molecular weight is 258 g/mol. The van der Waals surface area contributed by atoms with E-state index in [1.165, 1.54) is 5.39 Å². The van der Waals surface area contributed by atoms with Gasteiger partial charge in [-0.25, -0.2) is 0 Å². The van der Waals surface area contributed by atoms with Gasteiger partial charge in [0.15, 0.2) is 0 Å². The van der Waals surface area contributed by atoms with Crippen LogP contribution < -0.4 is 5.32 Å². The van der Waals surface area contributed by atoms with E-state index >= 15 is 0 Å². The highest BCUT2D eigenvalue weighted by Crippen LogP contribution is 2.27. The lowest BCUT2D eigenvalue weighted by Crippen LogP contribution is -2.22. The fraction of sp³-hybridized carbons (Fsp3) is 0.375. The molecule has 102 valence electrons. The molecule has 2 N–H and O–H groups in total. The monoisotopic (exact) mass is 258 g/mol. The maximum absolute atomic E-state index is 10.1. The van der Waals surface area contributed by atoms with Crippen molar-refractivity contribution in [1.82, 2.24) is 10.2 Å².